The van der Waals surface area contributed by atoms with Crippen molar-refractivity contribution in [1.82, 2.24) is 44.6 Å². The smallest absolute Gasteiger partial charge is 0.251 e. The van der Waals surface area contributed by atoms with Gasteiger partial charge in [0, 0.05) is 98.3 Å². The van der Waals surface area contributed by atoms with Crippen LogP contribution in [-0.2, 0) is 15.1 Å². The molecule has 1 unspecified atom stereocenters. The molecular weight excluding hydrogens is 741 g/mol. The summed E-state index contributed by atoms with van der Waals surface area (Å²) in [6, 6.07) is 19.7. The van der Waals surface area contributed by atoms with E-state index in [9.17, 15) is 19.6 Å². The number of imide groups is 1. The van der Waals surface area contributed by atoms with Gasteiger partial charge < -0.3 is 20.5 Å². The highest BCUT2D eigenvalue weighted by Crippen LogP contribution is 2.38. The molecule has 15 nitrogen and oxygen atoms in total. The van der Waals surface area contributed by atoms with E-state index < -0.39 is 0 Å². The summed E-state index contributed by atoms with van der Waals surface area (Å²) in [5.41, 5.74) is 5.27. The normalized spacial score (nSPS) is 18.5. The van der Waals surface area contributed by atoms with Crippen LogP contribution in [0.25, 0.3) is 22.3 Å². The molecule has 3 aromatic heterocycles. The van der Waals surface area contributed by atoms with E-state index in [1.165, 1.54) is 0 Å². The number of nitriles is 1. The van der Waals surface area contributed by atoms with Crippen LogP contribution in [0.3, 0.4) is 0 Å². The number of hydrogen-bond donors (Lipinski definition) is 4. The molecule has 3 amide bonds. The number of benzene rings is 2. The molecule has 0 bridgehead atoms. The zero-order valence-electron chi connectivity index (χ0n) is 31.9. The fraction of sp³-hybridized carbons (Fsp3) is 0.390. The molecule has 294 valence electrons. The molecule has 3 saturated heterocycles. The minimum Gasteiger partial charge on any atom is -0.369 e. The van der Waals surface area contributed by atoms with Crippen LogP contribution in [0.1, 0.15) is 54.4 Å². The Morgan fingerprint density at radius 1 is 1.07 bits per heavy atom. The molecule has 0 saturated carbocycles. The number of aromatic nitrogens is 5. The van der Waals surface area contributed by atoms with E-state index in [0.717, 1.165) is 91.6 Å². The highest BCUT2D eigenvalue weighted by atomic mass is 32.2. The summed E-state index contributed by atoms with van der Waals surface area (Å²) in [6.45, 7) is 8.69. The average molecular weight is 787 g/mol. The Bertz CT molecular complexity index is 2290. The van der Waals surface area contributed by atoms with Crippen LogP contribution in [-0.4, -0.2) is 110 Å². The van der Waals surface area contributed by atoms with Crippen LogP contribution in [0, 0.1) is 11.3 Å². The second-order valence-electron chi connectivity index (χ2n) is 14.8. The number of anilines is 3. The van der Waals surface area contributed by atoms with Crippen molar-refractivity contribution in [2.75, 3.05) is 68.3 Å². The fourth-order valence-electron chi connectivity index (χ4n) is 7.91. The summed E-state index contributed by atoms with van der Waals surface area (Å²) in [5.74, 6) is 0.578. The molecule has 4 N–H and O–H groups in total. The quantitative estimate of drug-likeness (QED) is 0.0699. The lowest BCUT2D eigenvalue weighted by Gasteiger charge is -2.48. The third-order valence-corrected chi connectivity index (χ3v) is 11.9. The first-order valence-electron chi connectivity index (χ1n) is 19.5. The molecule has 1 atom stereocenters. The van der Waals surface area contributed by atoms with Gasteiger partial charge in [-0.15, -0.1) is 0 Å². The Morgan fingerprint density at radius 3 is 2.67 bits per heavy atom. The Labute approximate surface area is 335 Å². The van der Waals surface area contributed by atoms with Crippen LogP contribution in [0.4, 0.5) is 17.3 Å². The molecule has 3 fully saturated rings. The zero-order chi connectivity index (χ0) is 39.4. The van der Waals surface area contributed by atoms with Gasteiger partial charge in [-0.1, -0.05) is 31.0 Å². The standard InChI is InChI=1S/C41H46N12O3S/c1-2-57-52-26-41(27-52,14-15-42)53-25-30(24-45-53)36-34-13-17-43-37(34)49-40(48-36)46-31-9-7-28(8-10-31)38(55)44-16-4-18-50-19-21-51(22-20-50)32-6-3-5-29(23-32)33-11-12-35(54)47-39(33)56/h3,5-10,13,17,23-25,33H,2,4,11-12,14,16,18-22,26-27H2,1H3,(H,44,55)(H,47,54,56)(H2,43,46,48,49). The Balaban J connectivity index is 0.813. The highest BCUT2D eigenvalue weighted by molar-refractivity contribution is 7.97. The number of carbonyl (C=O) groups is 3. The molecule has 0 spiro atoms. The molecule has 6 heterocycles. The lowest BCUT2D eigenvalue weighted by atomic mass is 9.89. The molecule has 2 aromatic carbocycles. The van der Waals surface area contributed by atoms with E-state index >= 15 is 0 Å². The predicted octanol–water partition coefficient (Wildman–Crippen LogP) is 4.62. The number of piperazine rings is 1. The third-order valence-electron chi connectivity index (χ3n) is 11.0. The van der Waals surface area contributed by atoms with Crippen molar-refractivity contribution >= 4 is 58.0 Å². The summed E-state index contributed by atoms with van der Waals surface area (Å²) in [5, 5.41) is 24.0. The second kappa shape index (κ2) is 16.8. The van der Waals surface area contributed by atoms with Crippen LogP contribution < -0.4 is 20.9 Å². The second-order valence-corrected chi connectivity index (χ2v) is 16.2. The van der Waals surface area contributed by atoms with E-state index in [1.807, 2.05) is 47.4 Å². The maximum atomic E-state index is 13.0. The van der Waals surface area contributed by atoms with Crippen molar-refractivity contribution in [2.45, 2.75) is 44.1 Å². The van der Waals surface area contributed by atoms with E-state index in [4.69, 9.17) is 10.1 Å². The molecule has 8 rings (SSSR count). The largest absolute Gasteiger partial charge is 0.369 e. The third kappa shape index (κ3) is 8.36. The van der Waals surface area contributed by atoms with Gasteiger partial charge in [-0.05, 0) is 67.4 Å². The number of nitrogens with one attached hydrogen (secondary N) is 4. The van der Waals surface area contributed by atoms with Gasteiger partial charge in [0.2, 0.25) is 17.8 Å². The molecule has 5 aromatic rings. The van der Waals surface area contributed by atoms with Gasteiger partial charge in [0.05, 0.1) is 30.3 Å². The maximum Gasteiger partial charge on any atom is 0.251 e. The van der Waals surface area contributed by atoms with Crippen LogP contribution >= 0.6 is 11.9 Å². The van der Waals surface area contributed by atoms with Gasteiger partial charge in [0.25, 0.3) is 5.91 Å². The van der Waals surface area contributed by atoms with Crippen molar-refractivity contribution in [3.8, 4) is 17.3 Å². The fourth-order valence-corrected chi connectivity index (χ4v) is 8.94. The molecule has 16 heteroatoms. The summed E-state index contributed by atoms with van der Waals surface area (Å²) >= 11 is 1.78. The van der Waals surface area contributed by atoms with Gasteiger partial charge in [0.1, 0.15) is 11.2 Å². The SMILES string of the molecule is CCSN1CC(CC#N)(n2cc(-c3nc(Nc4ccc(C(=O)NCCCN5CCN(c6cccc(C7CCC(=O)NC7=O)c6)CC5)cc4)nc4[nH]ccc34)cn2)C1. The lowest BCUT2D eigenvalue weighted by molar-refractivity contribution is -0.134. The summed E-state index contributed by atoms with van der Waals surface area (Å²) in [6.07, 6.45) is 7.75. The first-order valence-corrected chi connectivity index (χ1v) is 20.5. The molecular formula is C41H46N12O3S. The van der Waals surface area contributed by atoms with Crippen LogP contribution in [0.15, 0.2) is 73.2 Å². The topological polar surface area (TPSA) is 180 Å². The monoisotopic (exact) mass is 786 g/mol. The lowest BCUT2D eigenvalue weighted by Crippen LogP contribution is -2.60. The van der Waals surface area contributed by atoms with E-state index in [-0.39, 0.29) is 29.2 Å². The van der Waals surface area contributed by atoms with Crippen molar-refractivity contribution in [3.63, 3.8) is 0 Å². The van der Waals surface area contributed by atoms with Gasteiger partial charge in [-0.25, -0.2) is 9.29 Å². The number of piperidine rings is 1. The van der Waals surface area contributed by atoms with Crippen LogP contribution in [0.5, 0.6) is 0 Å². The first-order chi connectivity index (χ1) is 27.8. The van der Waals surface area contributed by atoms with E-state index in [1.54, 1.807) is 30.3 Å². The Morgan fingerprint density at radius 2 is 1.89 bits per heavy atom. The van der Waals surface area contributed by atoms with E-state index in [0.29, 0.717) is 43.0 Å². The van der Waals surface area contributed by atoms with E-state index in [2.05, 4.69) is 65.1 Å². The number of hydrogen-bond acceptors (Lipinski definition) is 12. The average Bonchev–Trinajstić information content (AvgIpc) is 3.90. The van der Waals surface area contributed by atoms with Gasteiger partial charge >= 0.3 is 0 Å². The Kier molecular flexibility index (Phi) is 11.2. The van der Waals surface area contributed by atoms with Crippen molar-refractivity contribution in [3.05, 3.63) is 84.3 Å². The van der Waals surface area contributed by atoms with Gasteiger partial charge in [-0.2, -0.15) is 15.3 Å². The summed E-state index contributed by atoms with van der Waals surface area (Å²) in [4.78, 5) is 54.5. The molecule has 0 aliphatic carbocycles. The number of H-pyrrole nitrogens is 1. The van der Waals surface area contributed by atoms with Gasteiger partial charge in [0.15, 0.2) is 0 Å². The molecule has 3 aliphatic heterocycles. The van der Waals surface area contributed by atoms with Crippen molar-refractivity contribution < 1.29 is 14.4 Å². The number of amides is 3. The molecule has 3 aliphatic rings. The summed E-state index contributed by atoms with van der Waals surface area (Å²) < 4.78 is 4.19. The highest BCUT2D eigenvalue weighted by Gasteiger charge is 2.45. The minimum absolute atomic E-state index is 0.123. The number of nitrogens with zero attached hydrogens (tertiary/aromatic N) is 8. The number of fused-ring (bicyclic) bond motifs is 1. The summed E-state index contributed by atoms with van der Waals surface area (Å²) in [7, 11) is 0. The van der Waals surface area contributed by atoms with Crippen molar-refractivity contribution in [1.29, 1.82) is 5.26 Å². The van der Waals surface area contributed by atoms with Gasteiger partial charge in [-0.3, -0.25) is 29.3 Å². The number of carbonyl (C=O) groups excluding carboxylic acids is 3. The predicted molar refractivity (Wildman–Crippen MR) is 220 cm³/mol. The van der Waals surface area contributed by atoms with Crippen LogP contribution in [0.2, 0.25) is 0 Å². The maximum absolute atomic E-state index is 13.0. The minimum atomic E-state index is -0.358. The number of rotatable bonds is 14. The first kappa shape index (κ1) is 38.1. The van der Waals surface area contributed by atoms with Crippen molar-refractivity contribution in [2.24, 2.45) is 0 Å². The number of aromatic amines is 1. The Hall–Kier alpha value is -5.76. The molecule has 0 radical (unpaired) electrons. The molecule has 57 heavy (non-hydrogen) atoms. The zero-order valence-corrected chi connectivity index (χ0v) is 32.7.